The molecule has 0 aliphatic carbocycles. The highest BCUT2D eigenvalue weighted by molar-refractivity contribution is 4.95. The summed E-state index contributed by atoms with van der Waals surface area (Å²) in [5.41, 5.74) is 1.55. The molecule has 0 aromatic rings. The molecule has 0 amide bonds. The van der Waals surface area contributed by atoms with E-state index in [1.807, 2.05) is 0 Å². The standard InChI is InChI=1S/C11H23N/c1-9(2)7-11(5,6)12-8-10(3)4/h8-9,12H,7H2,1-6H3. The third-order valence-electron chi connectivity index (χ3n) is 1.67. The Morgan fingerprint density at radius 2 is 1.83 bits per heavy atom. The molecule has 0 unspecified atom stereocenters. The third-order valence-corrected chi connectivity index (χ3v) is 1.67. The van der Waals surface area contributed by atoms with Gasteiger partial charge in [0.1, 0.15) is 0 Å². The molecule has 0 bridgehead atoms. The van der Waals surface area contributed by atoms with Crippen LogP contribution in [-0.2, 0) is 0 Å². The van der Waals surface area contributed by atoms with Crippen molar-refractivity contribution in [1.82, 2.24) is 5.32 Å². The van der Waals surface area contributed by atoms with E-state index in [1.165, 1.54) is 12.0 Å². The molecule has 1 nitrogen and oxygen atoms in total. The maximum Gasteiger partial charge on any atom is 0.0314 e. The normalized spacial score (nSPS) is 11.6. The van der Waals surface area contributed by atoms with Crippen LogP contribution in [0.4, 0.5) is 0 Å². The van der Waals surface area contributed by atoms with Crippen LogP contribution in [0.2, 0.25) is 0 Å². The quantitative estimate of drug-likeness (QED) is 0.680. The Kier molecular flexibility index (Phi) is 4.36. The second kappa shape index (κ2) is 4.54. The lowest BCUT2D eigenvalue weighted by Gasteiger charge is -2.27. The Morgan fingerprint density at radius 1 is 1.33 bits per heavy atom. The highest BCUT2D eigenvalue weighted by atomic mass is 14.9. The highest BCUT2D eigenvalue weighted by Gasteiger charge is 2.16. The monoisotopic (exact) mass is 169 g/mol. The molecule has 12 heavy (non-hydrogen) atoms. The van der Waals surface area contributed by atoms with Crippen LogP contribution in [0, 0.1) is 5.92 Å². The van der Waals surface area contributed by atoms with Crippen LogP contribution in [0.25, 0.3) is 0 Å². The average Bonchev–Trinajstić information content (AvgIpc) is 1.81. The van der Waals surface area contributed by atoms with Gasteiger partial charge in [0, 0.05) is 5.54 Å². The van der Waals surface area contributed by atoms with E-state index in [0.29, 0.717) is 0 Å². The fraction of sp³-hybridized carbons (Fsp3) is 0.818. The Bertz CT molecular complexity index is 150. The molecule has 0 aliphatic rings. The van der Waals surface area contributed by atoms with Crippen molar-refractivity contribution in [2.75, 3.05) is 0 Å². The van der Waals surface area contributed by atoms with Gasteiger partial charge >= 0.3 is 0 Å². The van der Waals surface area contributed by atoms with Gasteiger partial charge in [0.15, 0.2) is 0 Å². The third kappa shape index (κ3) is 6.26. The van der Waals surface area contributed by atoms with Crippen molar-refractivity contribution in [2.24, 2.45) is 5.92 Å². The maximum atomic E-state index is 3.43. The lowest BCUT2D eigenvalue weighted by atomic mass is 9.93. The number of nitrogens with one attached hydrogen (secondary N) is 1. The van der Waals surface area contributed by atoms with Gasteiger partial charge in [-0.25, -0.2) is 0 Å². The van der Waals surface area contributed by atoms with Gasteiger partial charge in [-0.05, 0) is 46.2 Å². The van der Waals surface area contributed by atoms with Crippen LogP contribution in [-0.4, -0.2) is 5.54 Å². The first-order chi connectivity index (χ1) is 5.33. The van der Waals surface area contributed by atoms with Gasteiger partial charge in [0.25, 0.3) is 0 Å². The minimum Gasteiger partial charge on any atom is -0.386 e. The molecule has 0 saturated carbocycles. The summed E-state index contributed by atoms with van der Waals surface area (Å²) in [7, 11) is 0. The van der Waals surface area contributed by atoms with Crippen LogP contribution < -0.4 is 5.32 Å². The van der Waals surface area contributed by atoms with Crippen molar-refractivity contribution in [3.8, 4) is 0 Å². The Morgan fingerprint density at radius 3 is 2.17 bits per heavy atom. The van der Waals surface area contributed by atoms with Gasteiger partial charge in [-0.3, -0.25) is 0 Å². The molecule has 72 valence electrons. The first-order valence-corrected chi connectivity index (χ1v) is 4.74. The summed E-state index contributed by atoms with van der Waals surface area (Å²) in [6.07, 6.45) is 3.30. The van der Waals surface area contributed by atoms with Crippen LogP contribution >= 0.6 is 0 Å². The molecule has 0 radical (unpaired) electrons. The van der Waals surface area contributed by atoms with Crippen molar-refractivity contribution >= 4 is 0 Å². The summed E-state index contributed by atoms with van der Waals surface area (Å²) in [6, 6.07) is 0. The Labute approximate surface area is 77.2 Å². The molecule has 0 aromatic heterocycles. The first kappa shape index (κ1) is 11.5. The molecule has 0 rings (SSSR count). The molecule has 0 heterocycles. The van der Waals surface area contributed by atoms with Crippen molar-refractivity contribution in [1.29, 1.82) is 0 Å². The molecule has 0 aromatic carbocycles. The lowest BCUT2D eigenvalue weighted by molar-refractivity contribution is 0.352. The molecule has 0 aliphatic heterocycles. The van der Waals surface area contributed by atoms with Crippen LogP contribution in [0.3, 0.4) is 0 Å². The number of hydrogen-bond donors (Lipinski definition) is 1. The van der Waals surface area contributed by atoms with Gasteiger partial charge < -0.3 is 5.32 Å². The zero-order chi connectivity index (χ0) is 9.78. The first-order valence-electron chi connectivity index (χ1n) is 4.74. The summed E-state index contributed by atoms with van der Waals surface area (Å²) >= 11 is 0. The minimum absolute atomic E-state index is 0.228. The fourth-order valence-corrected chi connectivity index (χ4v) is 1.42. The molecule has 1 N–H and O–H groups in total. The van der Waals surface area contributed by atoms with Crippen molar-refractivity contribution < 1.29 is 0 Å². The minimum atomic E-state index is 0.228. The predicted octanol–water partition coefficient (Wildman–Crippen LogP) is 3.32. The molecule has 0 atom stereocenters. The van der Waals surface area contributed by atoms with E-state index < -0.39 is 0 Å². The Hall–Kier alpha value is -0.460. The van der Waals surface area contributed by atoms with E-state index in [1.54, 1.807) is 0 Å². The SMILES string of the molecule is CC(C)=CNC(C)(C)CC(C)C. The predicted molar refractivity (Wildman–Crippen MR) is 56.1 cm³/mol. The topological polar surface area (TPSA) is 12.0 Å². The Balaban J connectivity index is 3.95. The number of allylic oxidation sites excluding steroid dienone is 1. The van der Waals surface area contributed by atoms with E-state index >= 15 is 0 Å². The van der Waals surface area contributed by atoms with Crippen LogP contribution in [0.5, 0.6) is 0 Å². The van der Waals surface area contributed by atoms with E-state index in [4.69, 9.17) is 0 Å². The smallest absolute Gasteiger partial charge is 0.0314 e. The summed E-state index contributed by atoms with van der Waals surface area (Å²) in [6.45, 7) is 13.2. The van der Waals surface area contributed by atoms with Gasteiger partial charge in [0.05, 0.1) is 0 Å². The van der Waals surface area contributed by atoms with Crippen LogP contribution in [0.15, 0.2) is 11.8 Å². The summed E-state index contributed by atoms with van der Waals surface area (Å²) in [5, 5.41) is 3.43. The second-order valence-electron chi connectivity index (χ2n) is 4.85. The van der Waals surface area contributed by atoms with Gasteiger partial charge in [-0.15, -0.1) is 0 Å². The second-order valence-corrected chi connectivity index (χ2v) is 4.85. The summed E-state index contributed by atoms with van der Waals surface area (Å²) in [5.74, 6) is 0.748. The zero-order valence-electron chi connectivity index (χ0n) is 9.36. The van der Waals surface area contributed by atoms with Gasteiger partial charge in [-0.1, -0.05) is 19.4 Å². The van der Waals surface area contributed by atoms with Crippen molar-refractivity contribution in [3.05, 3.63) is 11.8 Å². The van der Waals surface area contributed by atoms with E-state index in [0.717, 1.165) is 5.92 Å². The molecule has 0 fully saturated rings. The van der Waals surface area contributed by atoms with Crippen molar-refractivity contribution in [2.45, 2.75) is 53.5 Å². The zero-order valence-corrected chi connectivity index (χ0v) is 9.36. The highest BCUT2D eigenvalue weighted by Crippen LogP contribution is 2.15. The molecule has 0 spiro atoms. The summed E-state index contributed by atoms with van der Waals surface area (Å²) in [4.78, 5) is 0. The summed E-state index contributed by atoms with van der Waals surface area (Å²) < 4.78 is 0. The number of hydrogen-bond acceptors (Lipinski definition) is 1. The van der Waals surface area contributed by atoms with Gasteiger partial charge in [-0.2, -0.15) is 0 Å². The molecular formula is C11H23N. The largest absolute Gasteiger partial charge is 0.386 e. The maximum absolute atomic E-state index is 3.43. The van der Waals surface area contributed by atoms with E-state index in [9.17, 15) is 0 Å². The van der Waals surface area contributed by atoms with Gasteiger partial charge in [0.2, 0.25) is 0 Å². The molecular weight excluding hydrogens is 146 g/mol. The lowest BCUT2D eigenvalue weighted by Crippen LogP contribution is -2.36. The average molecular weight is 169 g/mol. The van der Waals surface area contributed by atoms with E-state index in [2.05, 4.69) is 53.1 Å². The van der Waals surface area contributed by atoms with Crippen LogP contribution in [0.1, 0.15) is 48.0 Å². The molecule has 0 saturated heterocycles. The molecule has 1 heteroatoms. The van der Waals surface area contributed by atoms with Crippen molar-refractivity contribution in [3.63, 3.8) is 0 Å². The van der Waals surface area contributed by atoms with E-state index in [-0.39, 0.29) is 5.54 Å². The fourth-order valence-electron chi connectivity index (χ4n) is 1.42. The number of rotatable bonds is 4.